The van der Waals surface area contributed by atoms with Gasteiger partial charge in [-0.3, -0.25) is 0 Å². The molecule has 0 fully saturated rings. The van der Waals surface area contributed by atoms with Gasteiger partial charge in [-0.15, -0.1) is 23.7 Å². The van der Waals surface area contributed by atoms with Crippen LogP contribution in [-0.2, 0) is 0 Å². The Labute approximate surface area is 119 Å². The predicted octanol–water partition coefficient (Wildman–Crippen LogP) is 4.66. The van der Waals surface area contributed by atoms with Gasteiger partial charge in [-0.05, 0) is 23.6 Å². The topological polar surface area (TPSA) is 26.0 Å². The second kappa shape index (κ2) is 6.03. The van der Waals surface area contributed by atoms with Crippen LogP contribution >= 0.6 is 46.9 Å². The first-order valence-corrected chi connectivity index (χ1v) is 6.17. The van der Waals surface area contributed by atoms with Gasteiger partial charge in [0.05, 0.1) is 16.1 Å². The number of thiophene rings is 1. The monoisotopic (exact) mass is 311 g/mol. The molecule has 0 saturated carbocycles. The first-order chi connectivity index (χ1) is 7.61. The summed E-state index contributed by atoms with van der Waals surface area (Å²) in [5.41, 5.74) is 6.21. The maximum atomic E-state index is 13.7. The Morgan fingerprint density at radius 3 is 2.53 bits per heavy atom. The van der Waals surface area contributed by atoms with Crippen LogP contribution < -0.4 is 5.73 Å². The lowest BCUT2D eigenvalue weighted by Crippen LogP contribution is -2.13. The maximum Gasteiger partial charge on any atom is 0.129 e. The summed E-state index contributed by atoms with van der Waals surface area (Å²) in [6, 6.07) is 5.81. The maximum absolute atomic E-state index is 13.7. The zero-order chi connectivity index (χ0) is 11.7. The molecule has 0 aliphatic carbocycles. The van der Waals surface area contributed by atoms with Crippen molar-refractivity contribution in [2.75, 3.05) is 0 Å². The predicted molar refractivity (Wildman–Crippen MR) is 74.0 cm³/mol. The molecule has 0 amide bonds. The number of hydrogen-bond acceptors (Lipinski definition) is 2. The molecule has 17 heavy (non-hydrogen) atoms. The smallest absolute Gasteiger partial charge is 0.129 e. The third-order valence-electron chi connectivity index (χ3n) is 2.24. The highest BCUT2D eigenvalue weighted by Gasteiger charge is 2.19. The van der Waals surface area contributed by atoms with Crippen molar-refractivity contribution in [2.45, 2.75) is 6.04 Å². The third kappa shape index (κ3) is 2.92. The Morgan fingerprint density at radius 1 is 1.24 bits per heavy atom. The first-order valence-electron chi connectivity index (χ1n) is 4.53. The van der Waals surface area contributed by atoms with E-state index < -0.39 is 11.9 Å². The first kappa shape index (κ1) is 14.7. The van der Waals surface area contributed by atoms with Crippen molar-refractivity contribution in [1.29, 1.82) is 0 Å². The summed E-state index contributed by atoms with van der Waals surface area (Å²) in [4.78, 5) is 0.850. The van der Waals surface area contributed by atoms with Crippen LogP contribution in [0.5, 0.6) is 0 Å². The molecule has 0 aliphatic rings. The summed E-state index contributed by atoms with van der Waals surface area (Å²) >= 11 is 13.3. The number of halogens is 4. The Morgan fingerprint density at radius 2 is 1.94 bits per heavy atom. The highest BCUT2D eigenvalue weighted by molar-refractivity contribution is 7.10. The normalized spacial score (nSPS) is 12.0. The van der Waals surface area contributed by atoms with Crippen molar-refractivity contribution in [3.05, 3.63) is 55.9 Å². The fraction of sp³-hybridized carbons (Fsp3) is 0.0909. The van der Waals surface area contributed by atoms with Gasteiger partial charge in [0, 0.05) is 10.4 Å². The molecule has 2 rings (SSSR count). The fourth-order valence-corrected chi connectivity index (χ4v) is 2.61. The Balaban J connectivity index is 0.00000144. The molecule has 1 heterocycles. The van der Waals surface area contributed by atoms with E-state index in [1.54, 1.807) is 0 Å². The molecule has 6 heteroatoms. The molecule has 0 aliphatic heterocycles. The number of nitrogens with two attached hydrogens (primary N) is 1. The largest absolute Gasteiger partial charge is 0.319 e. The summed E-state index contributed by atoms with van der Waals surface area (Å²) in [6.45, 7) is 0. The van der Waals surface area contributed by atoms with E-state index in [4.69, 9.17) is 28.9 Å². The van der Waals surface area contributed by atoms with E-state index in [0.29, 0.717) is 5.02 Å². The summed E-state index contributed by atoms with van der Waals surface area (Å²) < 4.78 is 13.7. The van der Waals surface area contributed by atoms with Crippen LogP contribution in [0.1, 0.15) is 16.5 Å². The molecule has 2 aromatic rings. The number of hydrogen-bond donors (Lipinski definition) is 1. The zero-order valence-corrected chi connectivity index (χ0v) is 11.6. The van der Waals surface area contributed by atoms with Gasteiger partial charge in [0.1, 0.15) is 5.82 Å². The molecule has 2 N–H and O–H groups in total. The van der Waals surface area contributed by atoms with Crippen molar-refractivity contribution in [3.63, 3.8) is 0 Å². The molecule has 1 aromatic heterocycles. The van der Waals surface area contributed by atoms with E-state index in [1.807, 2.05) is 17.5 Å². The van der Waals surface area contributed by atoms with Gasteiger partial charge in [0.25, 0.3) is 0 Å². The van der Waals surface area contributed by atoms with Crippen molar-refractivity contribution >= 4 is 46.9 Å². The molecular weight excluding hydrogens is 304 g/mol. The minimum Gasteiger partial charge on any atom is -0.319 e. The average molecular weight is 313 g/mol. The fourth-order valence-electron chi connectivity index (χ4n) is 1.44. The van der Waals surface area contributed by atoms with Gasteiger partial charge in [-0.2, -0.15) is 0 Å². The SMILES string of the molecule is Cl.N[C@@H](c1cccs1)c1c(F)ccc(Cl)c1Cl. The van der Waals surface area contributed by atoms with Crippen LogP contribution in [0.4, 0.5) is 4.39 Å². The van der Waals surface area contributed by atoms with Gasteiger partial charge in [0.2, 0.25) is 0 Å². The van der Waals surface area contributed by atoms with E-state index >= 15 is 0 Å². The van der Waals surface area contributed by atoms with Crippen LogP contribution in [0, 0.1) is 5.82 Å². The van der Waals surface area contributed by atoms with E-state index in [1.165, 1.54) is 23.5 Å². The van der Waals surface area contributed by atoms with Crippen molar-refractivity contribution in [3.8, 4) is 0 Å². The molecule has 0 bridgehead atoms. The minimum atomic E-state index is -0.578. The summed E-state index contributed by atoms with van der Waals surface area (Å²) in [5, 5.41) is 2.37. The molecule has 1 nitrogen and oxygen atoms in total. The molecule has 0 unspecified atom stereocenters. The van der Waals surface area contributed by atoms with Crippen LogP contribution in [0.25, 0.3) is 0 Å². The third-order valence-corrected chi connectivity index (χ3v) is 4.01. The zero-order valence-electron chi connectivity index (χ0n) is 8.49. The molecule has 1 aromatic carbocycles. The second-order valence-corrected chi connectivity index (χ2v) is 5.01. The van der Waals surface area contributed by atoms with Gasteiger partial charge in [0.15, 0.2) is 0 Å². The van der Waals surface area contributed by atoms with E-state index in [9.17, 15) is 4.39 Å². The van der Waals surface area contributed by atoms with Crippen LogP contribution in [-0.4, -0.2) is 0 Å². The van der Waals surface area contributed by atoms with Gasteiger partial charge < -0.3 is 5.73 Å². The average Bonchev–Trinajstić information content (AvgIpc) is 2.77. The molecule has 0 spiro atoms. The van der Waals surface area contributed by atoms with Crippen LogP contribution in [0.2, 0.25) is 10.0 Å². The molecule has 1 atom stereocenters. The highest BCUT2D eigenvalue weighted by Crippen LogP contribution is 2.35. The standard InChI is InChI=1S/C11H8Cl2FNS.ClH/c12-6-3-4-7(14)9(10(6)13)11(15)8-2-1-5-16-8;/h1-5,11H,15H2;1H/t11-;/m0./s1. The van der Waals surface area contributed by atoms with Gasteiger partial charge in [-0.1, -0.05) is 29.3 Å². The molecule has 0 saturated heterocycles. The second-order valence-electron chi connectivity index (χ2n) is 3.25. The highest BCUT2D eigenvalue weighted by atomic mass is 35.5. The van der Waals surface area contributed by atoms with Crippen LogP contribution in [0.15, 0.2) is 29.6 Å². The van der Waals surface area contributed by atoms with Gasteiger partial charge in [-0.25, -0.2) is 4.39 Å². The van der Waals surface area contributed by atoms with E-state index in [0.717, 1.165) is 4.88 Å². The summed E-state index contributed by atoms with van der Waals surface area (Å²) in [7, 11) is 0. The lowest BCUT2D eigenvalue weighted by Gasteiger charge is -2.13. The molecule has 0 radical (unpaired) electrons. The van der Waals surface area contributed by atoms with Crippen LogP contribution in [0.3, 0.4) is 0 Å². The Bertz CT molecular complexity index is 502. The quantitative estimate of drug-likeness (QED) is 0.802. The summed E-state index contributed by atoms with van der Waals surface area (Å²) in [5.74, 6) is -0.435. The van der Waals surface area contributed by atoms with E-state index in [-0.39, 0.29) is 23.0 Å². The van der Waals surface area contributed by atoms with E-state index in [2.05, 4.69) is 0 Å². The lowest BCUT2D eigenvalue weighted by molar-refractivity contribution is 0.601. The Kier molecular flexibility index (Phi) is 5.22. The van der Waals surface area contributed by atoms with Gasteiger partial charge >= 0.3 is 0 Å². The molecule has 92 valence electrons. The summed E-state index contributed by atoms with van der Waals surface area (Å²) in [6.07, 6.45) is 0. The van der Waals surface area contributed by atoms with Crippen molar-refractivity contribution < 1.29 is 4.39 Å². The Hall–Kier alpha value is -0.320. The number of rotatable bonds is 2. The van der Waals surface area contributed by atoms with Crippen molar-refractivity contribution in [2.24, 2.45) is 5.73 Å². The minimum absolute atomic E-state index is 0. The molecular formula is C11H9Cl3FNS. The number of benzene rings is 1. The van der Waals surface area contributed by atoms with Crippen molar-refractivity contribution in [1.82, 2.24) is 0 Å². The lowest BCUT2D eigenvalue weighted by atomic mass is 10.1.